The molecule has 2 heterocycles. The first kappa shape index (κ1) is 12.3. The van der Waals surface area contributed by atoms with Gasteiger partial charge in [0.05, 0.1) is 23.0 Å². The number of nitrogens with one attached hydrogen (secondary N) is 1. The Morgan fingerprint density at radius 2 is 2.41 bits per heavy atom. The molecule has 0 saturated heterocycles. The number of hydrazine groups is 1. The van der Waals surface area contributed by atoms with Gasteiger partial charge in [0.2, 0.25) is 0 Å². The van der Waals surface area contributed by atoms with Gasteiger partial charge < -0.3 is 4.42 Å². The maximum absolute atomic E-state index is 5.63. The molecule has 2 rings (SSSR count). The zero-order valence-corrected chi connectivity index (χ0v) is 10.9. The molecule has 92 valence electrons. The largest absolute Gasteiger partial charge is 0.469 e. The average molecular weight is 251 g/mol. The first-order valence-electron chi connectivity index (χ1n) is 5.68. The first-order chi connectivity index (χ1) is 8.24. The fourth-order valence-electron chi connectivity index (χ4n) is 1.92. The van der Waals surface area contributed by atoms with Gasteiger partial charge in [-0.15, -0.1) is 11.3 Å². The summed E-state index contributed by atoms with van der Waals surface area (Å²) in [5.74, 6) is 6.61. The predicted molar refractivity (Wildman–Crippen MR) is 68.7 cm³/mol. The third-order valence-electron chi connectivity index (χ3n) is 2.76. The van der Waals surface area contributed by atoms with Crippen molar-refractivity contribution in [3.63, 3.8) is 0 Å². The summed E-state index contributed by atoms with van der Waals surface area (Å²) in [6.07, 6.45) is 3.37. The highest BCUT2D eigenvalue weighted by Crippen LogP contribution is 2.23. The van der Waals surface area contributed by atoms with Crippen LogP contribution in [0, 0.1) is 6.92 Å². The maximum Gasteiger partial charge on any atom is 0.108 e. The summed E-state index contributed by atoms with van der Waals surface area (Å²) < 4.78 is 5.43. The van der Waals surface area contributed by atoms with Gasteiger partial charge in [0.15, 0.2) is 0 Å². The Morgan fingerprint density at radius 3 is 3.00 bits per heavy atom. The number of aryl methyl sites for hydroxylation is 2. The Morgan fingerprint density at radius 1 is 1.59 bits per heavy atom. The number of aromatic nitrogens is 1. The Kier molecular flexibility index (Phi) is 3.93. The van der Waals surface area contributed by atoms with E-state index in [-0.39, 0.29) is 6.04 Å². The number of nitrogens with two attached hydrogens (primary N) is 1. The third kappa shape index (κ3) is 2.74. The second-order valence-corrected chi connectivity index (χ2v) is 5.00. The van der Waals surface area contributed by atoms with Crippen molar-refractivity contribution in [3.8, 4) is 0 Å². The van der Waals surface area contributed by atoms with E-state index in [1.807, 2.05) is 13.0 Å². The van der Waals surface area contributed by atoms with Gasteiger partial charge in [0.1, 0.15) is 5.76 Å². The van der Waals surface area contributed by atoms with E-state index in [2.05, 4.69) is 22.7 Å². The van der Waals surface area contributed by atoms with E-state index in [4.69, 9.17) is 10.3 Å². The number of nitrogens with zero attached hydrogens (tertiary/aromatic N) is 1. The van der Waals surface area contributed by atoms with Crippen LogP contribution in [0.3, 0.4) is 0 Å². The fourth-order valence-corrected chi connectivity index (χ4v) is 2.54. The lowest BCUT2D eigenvalue weighted by molar-refractivity contribution is 0.486. The Hall–Kier alpha value is -1.17. The quantitative estimate of drug-likeness (QED) is 0.632. The molecular formula is C12H17N3OS. The van der Waals surface area contributed by atoms with Crippen LogP contribution in [0.5, 0.6) is 0 Å². The molecule has 3 N–H and O–H groups in total. The normalized spacial score (nSPS) is 12.9. The molecule has 0 aliphatic carbocycles. The zero-order chi connectivity index (χ0) is 12.3. The van der Waals surface area contributed by atoms with E-state index >= 15 is 0 Å². The van der Waals surface area contributed by atoms with Crippen LogP contribution in [-0.4, -0.2) is 4.98 Å². The lowest BCUT2D eigenvalue weighted by Gasteiger charge is -2.14. The van der Waals surface area contributed by atoms with Crippen molar-refractivity contribution in [2.75, 3.05) is 0 Å². The van der Waals surface area contributed by atoms with E-state index in [0.29, 0.717) is 0 Å². The van der Waals surface area contributed by atoms with E-state index in [0.717, 1.165) is 34.9 Å². The van der Waals surface area contributed by atoms with Gasteiger partial charge >= 0.3 is 0 Å². The van der Waals surface area contributed by atoms with Gasteiger partial charge in [0.25, 0.3) is 0 Å². The summed E-state index contributed by atoms with van der Waals surface area (Å²) in [5, 5.41) is 3.16. The van der Waals surface area contributed by atoms with E-state index in [9.17, 15) is 0 Å². The van der Waals surface area contributed by atoms with E-state index < -0.39 is 0 Å². The Labute approximate surface area is 105 Å². The molecule has 0 fully saturated rings. The third-order valence-corrected chi connectivity index (χ3v) is 3.58. The number of thiazole rings is 1. The SMILES string of the molecule is CCc1occc1C(Cc1csc(C)n1)NN. The molecule has 0 bridgehead atoms. The van der Waals surface area contributed by atoms with Crippen molar-refractivity contribution in [2.45, 2.75) is 32.7 Å². The van der Waals surface area contributed by atoms with Crippen molar-refractivity contribution in [2.24, 2.45) is 5.84 Å². The zero-order valence-electron chi connectivity index (χ0n) is 10.1. The molecule has 2 aromatic heterocycles. The van der Waals surface area contributed by atoms with Crippen LogP contribution in [-0.2, 0) is 12.8 Å². The summed E-state index contributed by atoms with van der Waals surface area (Å²) in [6, 6.07) is 2.04. The summed E-state index contributed by atoms with van der Waals surface area (Å²) in [4.78, 5) is 4.46. The summed E-state index contributed by atoms with van der Waals surface area (Å²) >= 11 is 1.66. The average Bonchev–Trinajstić information content (AvgIpc) is 2.94. The monoisotopic (exact) mass is 251 g/mol. The van der Waals surface area contributed by atoms with E-state index in [1.54, 1.807) is 17.6 Å². The highest BCUT2D eigenvalue weighted by Gasteiger charge is 2.17. The Bertz CT molecular complexity index is 478. The molecule has 1 unspecified atom stereocenters. The minimum Gasteiger partial charge on any atom is -0.469 e. The molecule has 0 spiro atoms. The van der Waals surface area contributed by atoms with Crippen LogP contribution in [0.4, 0.5) is 0 Å². The second-order valence-electron chi connectivity index (χ2n) is 3.93. The van der Waals surface area contributed by atoms with Gasteiger partial charge in [-0.3, -0.25) is 11.3 Å². The van der Waals surface area contributed by atoms with Gasteiger partial charge in [-0.05, 0) is 13.0 Å². The summed E-state index contributed by atoms with van der Waals surface area (Å²) in [6.45, 7) is 4.08. The molecule has 0 aliphatic heterocycles. The smallest absolute Gasteiger partial charge is 0.108 e. The van der Waals surface area contributed by atoms with Crippen LogP contribution in [0.25, 0.3) is 0 Å². The molecule has 0 aliphatic rings. The lowest BCUT2D eigenvalue weighted by Crippen LogP contribution is -2.30. The summed E-state index contributed by atoms with van der Waals surface area (Å²) in [5.41, 5.74) is 5.04. The summed E-state index contributed by atoms with van der Waals surface area (Å²) in [7, 11) is 0. The minimum absolute atomic E-state index is 0.0604. The molecule has 0 radical (unpaired) electrons. The molecule has 0 amide bonds. The van der Waals surface area contributed by atoms with Gasteiger partial charge in [0, 0.05) is 23.8 Å². The molecule has 4 nitrogen and oxygen atoms in total. The molecule has 2 aromatic rings. The van der Waals surface area contributed by atoms with Crippen molar-refractivity contribution in [1.82, 2.24) is 10.4 Å². The van der Waals surface area contributed by atoms with Crippen molar-refractivity contribution in [1.29, 1.82) is 0 Å². The van der Waals surface area contributed by atoms with Crippen molar-refractivity contribution in [3.05, 3.63) is 39.7 Å². The van der Waals surface area contributed by atoms with Crippen LogP contribution in [0.15, 0.2) is 22.1 Å². The highest BCUT2D eigenvalue weighted by atomic mass is 32.1. The molecule has 1 atom stereocenters. The van der Waals surface area contributed by atoms with Gasteiger partial charge in [-0.2, -0.15) is 0 Å². The van der Waals surface area contributed by atoms with Crippen molar-refractivity contribution < 1.29 is 4.42 Å². The van der Waals surface area contributed by atoms with Gasteiger partial charge in [-0.1, -0.05) is 6.92 Å². The predicted octanol–water partition coefficient (Wildman–Crippen LogP) is 2.35. The van der Waals surface area contributed by atoms with Crippen molar-refractivity contribution >= 4 is 11.3 Å². The second kappa shape index (κ2) is 5.44. The maximum atomic E-state index is 5.63. The number of hydrogen-bond donors (Lipinski definition) is 2. The lowest BCUT2D eigenvalue weighted by atomic mass is 10.0. The number of furan rings is 1. The Balaban J connectivity index is 2.16. The minimum atomic E-state index is 0.0604. The topological polar surface area (TPSA) is 64.1 Å². The van der Waals surface area contributed by atoms with Crippen LogP contribution < -0.4 is 11.3 Å². The highest BCUT2D eigenvalue weighted by molar-refractivity contribution is 7.09. The molecule has 17 heavy (non-hydrogen) atoms. The standard InChI is InChI=1S/C12H17N3OS/c1-3-12-10(4-5-16-12)11(15-13)6-9-7-17-8(2)14-9/h4-5,7,11,15H,3,6,13H2,1-2H3. The first-order valence-corrected chi connectivity index (χ1v) is 6.56. The molecule has 0 saturated carbocycles. The molecule has 5 heteroatoms. The number of hydrogen-bond acceptors (Lipinski definition) is 5. The fraction of sp³-hybridized carbons (Fsp3) is 0.417. The van der Waals surface area contributed by atoms with Crippen LogP contribution in [0.1, 0.15) is 35.0 Å². The molecular weight excluding hydrogens is 234 g/mol. The van der Waals surface area contributed by atoms with Gasteiger partial charge in [-0.25, -0.2) is 4.98 Å². The number of rotatable bonds is 5. The van der Waals surface area contributed by atoms with Crippen LogP contribution >= 0.6 is 11.3 Å². The molecule has 0 aromatic carbocycles. The van der Waals surface area contributed by atoms with Crippen LogP contribution in [0.2, 0.25) is 0 Å². The van der Waals surface area contributed by atoms with E-state index in [1.165, 1.54) is 0 Å².